The van der Waals surface area contributed by atoms with E-state index in [1.165, 1.54) is 11.8 Å². The molecule has 3 saturated heterocycles. The van der Waals surface area contributed by atoms with Gasteiger partial charge in [0.15, 0.2) is 6.10 Å². The Balaban J connectivity index is 1.39. The fourth-order valence-electron chi connectivity index (χ4n) is 6.75. The van der Waals surface area contributed by atoms with Gasteiger partial charge in [0, 0.05) is 10.8 Å². The largest absolute Gasteiger partial charge is 0.455 e. The Morgan fingerprint density at radius 2 is 1.56 bits per heavy atom. The molecule has 13 heteroatoms. The molecule has 228 valence electrons. The highest BCUT2D eigenvalue weighted by Crippen LogP contribution is 2.61. The number of fused-ring (bicyclic) bond motifs is 3. The highest BCUT2D eigenvalue weighted by molar-refractivity contribution is 8.01. The number of nitrogens with zero attached hydrogens (tertiary/aromatic N) is 1. The van der Waals surface area contributed by atoms with Gasteiger partial charge in [0.2, 0.25) is 5.91 Å². The minimum absolute atomic E-state index is 0.324. The molecule has 3 heterocycles. The van der Waals surface area contributed by atoms with E-state index in [4.69, 9.17) is 14.0 Å². The van der Waals surface area contributed by atoms with Crippen molar-refractivity contribution in [3.05, 3.63) is 60.2 Å². The summed E-state index contributed by atoms with van der Waals surface area (Å²) in [6.07, 6.45) is -3.52. The molecule has 1 amide bonds. The van der Waals surface area contributed by atoms with E-state index in [9.17, 15) is 31.6 Å². The molecule has 3 aliphatic heterocycles. The number of rotatable bonds is 6. The van der Waals surface area contributed by atoms with Gasteiger partial charge in [-0.25, -0.2) is 4.79 Å². The number of carbonyl (C=O) groups is 3. The first kappa shape index (κ1) is 29.8. The number of alkyl halides is 2. The molecule has 3 aromatic carbocycles. The van der Waals surface area contributed by atoms with Gasteiger partial charge in [-0.1, -0.05) is 48.5 Å². The Bertz CT molecular complexity index is 1740. The highest BCUT2D eigenvalue weighted by atomic mass is 32.2. The fraction of sp³-hybridized carbons (Fsp3) is 0.433. The molecular weight excluding hydrogens is 604 g/mol. The normalized spacial score (nSPS) is 27.6. The average Bonchev–Trinajstić information content (AvgIpc) is 3.53. The van der Waals surface area contributed by atoms with Crippen LogP contribution in [0.4, 0.5) is 8.78 Å². The summed E-state index contributed by atoms with van der Waals surface area (Å²) in [6, 6.07) is 16.1. The number of carbonyl (C=O) groups excluding carboxylic acids is 3. The van der Waals surface area contributed by atoms with E-state index in [0.717, 1.165) is 10.8 Å². The van der Waals surface area contributed by atoms with Crippen LogP contribution in [-0.4, -0.2) is 75.3 Å². The van der Waals surface area contributed by atoms with Crippen LogP contribution in [0.2, 0.25) is 0 Å². The summed E-state index contributed by atoms with van der Waals surface area (Å²) in [4.78, 5) is 42.8. The van der Waals surface area contributed by atoms with Crippen molar-refractivity contribution >= 4 is 61.3 Å². The van der Waals surface area contributed by atoms with Crippen molar-refractivity contribution in [2.45, 2.75) is 67.2 Å². The van der Waals surface area contributed by atoms with E-state index < -0.39 is 79.3 Å². The minimum Gasteiger partial charge on any atom is -0.455 e. The van der Waals surface area contributed by atoms with Crippen molar-refractivity contribution in [2.75, 3.05) is 0 Å². The third-order valence-electron chi connectivity index (χ3n) is 8.55. The monoisotopic (exact) mass is 633 g/mol. The molecule has 1 N–H and O–H groups in total. The first-order chi connectivity index (χ1) is 20.0. The number of hydrogen-bond donors (Lipinski definition) is 1. The number of halogens is 2. The van der Waals surface area contributed by atoms with Gasteiger partial charge in [0.1, 0.15) is 6.10 Å². The summed E-state index contributed by atoms with van der Waals surface area (Å²) in [5.74, 6) is -4.50. The van der Waals surface area contributed by atoms with Crippen LogP contribution in [0.5, 0.6) is 0 Å². The van der Waals surface area contributed by atoms with Gasteiger partial charge in [-0.15, -0.1) is 11.8 Å². The lowest BCUT2D eigenvalue weighted by Crippen LogP contribution is -2.55. The van der Waals surface area contributed by atoms with E-state index in [0.29, 0.717) is 23.3 Å². The number of benzene rings is 3. The fourth-order valence-corrected chi connectivity index (χ4v) is 9.30. The van der Waals surface area contributed by atoms with Crippen LogP contribution < -0.4 is 0 Å². The van der Waals surface area contributed by atoms with Crippen LogP contribution in [0.25, 0.3) is 21.5 Å². The molecule has 0 aromatic heterocycles. The molecule has 2 bridgehead atoms. The molecule has 43 heavy (non-hydrogen) atoms. The second-order valence-electron chi connectivity index (χ2n) is 12.2. The molecule has 0 aliphatic carbocycles. The van der Waals surface area contributed by atoms with Crippen LogP contribution in [-0.2, 0) is 29.2 Å². The number of hydrogen-bond acceptors (Lipinski definition) is 8. The van der Waals surface area contributed by atoms with Crippen LogP contribution in [0, 0.1) is 11.8 Å². The summed E-state index contributed by atoms with van der Waals surface area (Å²) in [7, 11) is -5.88. The first-order valence-corrected chi connectivity index (χ1v) is 16.1. The number of esters is 2. The lowest BCUT2D eigenvalue weighted by atomic mass is 9.78. The average molecular weight is 634 g/mol. The predicted molar refractivity (Wildman–Crippen MR) is 155 cm³/mol. The van der Waals surface area contributed by atoms with Crippen LogP contribution >= 0.6 is 11.8 Å². The van der Waals surface area contributed by atoms with E-state index in [1.807, 2.05) is 51.1 Å². The minimum atomic E-state index is -5.88. The number of likely N-dealkylation sites (tertiary alicyclic amines) is 1. The van der Waals surface area contributed by atoms with Gasteiger partial charge >= 0.3 is 27.3 Å². The molecule has 3 aliphatic rings. The predicted octanol–water partition coefficient (Wildman–Crippen LogP) is 4.67. The lowest BCUT2D eigenvalue weighted by Gasteiger charge is -2.39. The Morgan fingerprint density at radius 3 is 2.09 bits per heavy atom. The topological polar surface area (TPSA) is 127 Å². The Kier molecular flexibility index (Phi) is 6.83. The third-order valence-corrected chi connectivity index (χ3v) is 11.3. The zero-order chi connectivity index (χ0) is 31.2. The first-order valence-electron chi connectivity index (χ1n) is 13.7. The van der Waals surface area contributed by atoms with Gasteiger partial charge in [-0.2, -0.15) is 17.2 Å². The van der Waals surface area contributed by atoms with E-state index in [1.54, 1.807) is 29.2 Å². The highest BCUT2D eigenvalue weighted by Gasteiger charge is 2.73. The molecule has 7 atom stereocenters. The van der Waals surface area contributed by atoms with Gasteiger partial charge in [-0.3, -0.25) is 14.1 Å². The van der Waals surface area contributed by atoms with E-state index >= 15 is 0 Å². The Hall–Kier alpha value is -3.29. The van der Waals surface area contributed by atoms with Gasteiger partial charge in [0.05, 0.1) is 28.7 Å². The molecule has 3 fully saturated rings. The van der Waals surface area contributed by atoms with E-state index in [-0.39, 0.29) is 0 Å². The number of ether oxygens (including phenoxy) is 2. The quantitative estimate of drug-likeness (QED) is 0.234. The van der Waals surface area contributed by atoms with Crippen molar-refractivity contribution < 1.29 is 45.6 Å². The zero-order valence-electron chi connectivity index (χ0n) is 23.6. The Morgan fingerprint density at radius 1 is 1.00 bits per heavy atom. The zero-order valence-corrected chi connectivity index (χ0v) is 25.2. The summed E-state index contributed by atoms with van der Waals surface area (Å²) < 4.78 is 71.1. The summed E-state index contributed by atoms with van der Waals surface area (Å²) in [6.45, 7) is 6.09. The van der Waals surface area contributed by atoms with Crippen molar-refractivity contribution in [1.29, 1.82) is 0 Å². The van der Waals surface area contributed by atoms with Crippen molar-refractivity contribution in [3.8, 4) is 0 Å². The van der Waals surface area contributed by atoms with Crippen LogP contribution in [0.15, 0.2) is 54.6 Å². The SMILES string of the molecule is CC(OC(=O)C1C2SC3C1C(=O)N(C(C)(C)C)C3C2OC(=O)c1c2ccccc2cc2ccccc12)C(F)(F)S(=O)(=O)O. The Labute approximate surface area is 250 Å². The smallest absolute Gasteiger partial charge is 0.405 e. The number of amides is 1. The van der Waals surface area contributed by atoms with Crippen molar-refractivity contribution in [1.82, 2.24) is 4.90 Å². The molecule has 0 radical (unpaired) electrons. The van der Waals surface area contributed by atoms with Gasteiger partial charge in [0.25, 0.3) is 0 Å². The van der Waals surface area contributed by atoms with Crippen molar-refractivity contribution in [2.24, 2.45) is 11.8 Å². The molecule has 3 aromatic rings. The maximum Gasteiger partial charge on any atom is 0.405 e. The van der Waals surface area contributed by atoms with Crippen LogP contribution in [0.3, 0.4) is 0 Å². The summed E-state index contributed by atoms with van der Waals surface area (Å²) >= 11 is 1.27. The molecule has 0 spiro atoms. The van der Waals surface area contributed by atoms with E-state index in [2.05, 4.69) is 0 Å². The molecule has 6 rings (SSSR count). The van der Waals surface area contributed by atoms with Gasteiger partial charge < -0.3 is 14.4 Å². The maximum atomic E-state index is 14.3. The van der Waals surface area contributed by atoms with Gasteiger partial charge in [-0.05, 0) is 55.3 Å². The molecule has 7 unspecified atom stereocenters. The van der Waals surface area contributed by atoms with Crippen molar-refractivity contribution in [3.63, 3.8) is 0 Å². The standard InChI is InChI=1S/C30H29F2NO8S2/c1-14(30(31,32)43(37,38)39)40-28(36)21-20-24-22(33(26(20)34)29(2,3)4)23(25(21)42-24)41-27(35)19-17-11-7-5-9-15(17)13-16-10-6-8-12-18(16)19/h5-14,20-25H,1-4H3,(H,37,38,39). The lowest BCUT2D eigenvalue weighted by molar-refractivity contribution is -0.168. The second-order valence-corrected chi connectivity index (χ2v) is 15.0. The molecule has 0 saturated carbocycles. The third kappa shape index (κ3) is 4.50. The summed E-state index contributed by atoms with van der Waals surface area (Å²) in [5.41, 5.74) is -0.407. The maximum absolute atomic E-state index is 14.3. The second kappa shape index (κ2) is 9.86. The summed E-state index contributed by atoms with van der Waals surface area (Å²) in [5, 5.41) is -3.13. The molecule has 9 nitrogen and oxygen atoms in total. The molecular formula is C30H29F2NO8S2. The van der Waals surface area contributed by atoms with Crippen LogP contribution in [0.1, 0.15) is 38.1 Å². The number of thioether (sulfide) groups is 1.